The lowest BCUT2D eigenvalue weighted by atomic mass is 10.0. The predicted molar refractivity (Wildman–Crippen MR) is 94.8 cm³/mol. The van der Waals surface area contributed by atoms with Gasteiger partial charge in [-0.05, 0) is 12.5 Å². The van der Waals surface area contributed by atoms with Gasteiger partial charge in [-0.15, -0.1) is 0 Å². The molecule has 2 unspecified atom stereocenters. The van der Waals surface area contributed by atoms with Crippen LogP contribution in [-0.4, -0.2) is 40.2 Å². The van der Waals surface area contributed by atoms with Crippen molar-refractivity contribution in [2.75, 3.05) is 6.61 Å². The van der Waals surface area contributed by atoms with E-state index in [1.165, 1.54) is 0 Å². The molecule has 0 aliphatic heterocycles. The number of hydrogen-bond acceptors (Lipinski definition) is 5. The van der Waals surface area contributed by atoms with E-state index in [0.717, 1.165) is 0 Å². The van der Waals surface area contributed by atoms with Gasteiger partial charge in [0.2, 0.25) is 4.84 Å². The third-order valence-corrected chi connectivity index (χ3v) is 3.64. The molecule has 0 aliphatic rings. The number of rotatable bonds is 8. The Morgan fingerprint density at radius 2 is 1.60 bits per heavy atom. The van der Waals surface area contributed by atoms with Gasteiger partial charge in [-0.1, -0.05) is 76.7 Å². The van der Waals surface area contributed by atoms with Crippen molar-refractivity contribution in [3.05, 3.63) is 35.9 Å². The standard InChI is InChI=1S/C15H15Cl4NO5/c1-2-24-14(22)9(20-13(21)11(16)17)10(25-15(23)12(18)19)8-6-4-3-5-7-8/h3-7,9-12H,2H2,1H3,(H,20,21). The minimum atomic E-state index is -1.47. The maximum atomic E-state index is 12.3. The van der Waals surface area contributed by atoms with E-state index in [2.05, 4.69) is 5.32 Å². The fraction of sp³-hybridized carbons (Fsp3) is 0.400. The number of benzene rings is 1. The molecule has 0 heterocycles. The van der Waals surface area contributed by atoms with Crippen LogP contribution < -0.4 is 5.32 Å². The first kappa shape index (κ1) is 21.8. The monoisotopic (exact) mass is 429 g/mol. The van der Waals surface area contributed by atoms with Gasteiger partial charge < -0.3 is 14.8 Å². The van der Waals surface area contributed by atoms with E-state index in [1.807, 2.05) is 0 Å². The quantitative estimate of drug-likeness (QED) is 0.506. The van der Waals surface area contributed by atoms with Crippen molar-refractivity contribution in [1.82, 2.24) is 5.32 Å². The Labute approximate surface area is 164 Å². The number of carbonyl (C=O) groups is 3. The van der Waals surface area contributed by atoms with E-state index in [-0.39, 0.29) is 6.61 Å². The Kier molecular flexibility index (Phi) is 9.35. The molecule has 0 saturated heterocycles. The molecule has 0 spiro atoms. The second-order valence-corrected chi connectivity index (χ2v) is 6.80. The van der Waals surface area contributed by atoms with Crippen LogP contribution >= 0.6 is 46.4 Å². The number of hydrogen-bond donors (Lipinski definition) is 1. The molecule has 1 aromatic carbocycles. The third kappa shape index (κ3) is 6.90. The molecule has 2 atom stereocenters. The highest BCUT2D eigenvalue weighted by Crippen LogP contribution is 2.25. The van der Waals surface area contributed by atoms with Crippen molar-refractivity contribution in [3.63, 3.8) is 0 Å². The lowest BCUT2D eigenvalue weighted by Crippen LogP contribution is -2.49. The molecule has 1 aromatic rings. The smallest absolute Gasteiger partial charge is 0.340 e. The molecule has 0 radical (unpaired) electrons. The summed E-state index contributed by atoms with van der Waals surface area (Å²) in [7, 11) is 0. The normalized spacial score (nSPS) is 13.2. The van der Waals surface area contributed by atoms with Gasteiger partial charge in [-0.3, -0.25) is 4.79 Å². The molecule has 0 fully saturated rings. The van der Waals surface area contributed by atoms with Gasteiger partial charge in [0.25, 0.3) is 5.91 Å². The molecule has 1 N–H and O–H groups in total. The lowest BCUT2D eigenvalue weighted by molar-refractivity contribution is -0.159. The summed E-state index contributed by atoms with van der Waals surface area (Å²) in [6, 6.07) is 6.82. The van der Waals surface area contributed by atoms with E-state index >= 15 is 0 Å². The second-order valence-electron chi connectivity index (χ2n) is 4.61. The number of halogens is 4. The van der Waals surface area contributed by atoms with Crippen molar-refractivity contribution < 1.29 is 23.9 Å². The van der Waals surface area contributed by atoms with Crippen LogP contribution in [0.3, 0.4) is 0 Å². The number of esters is 2. The van der Waals surface area contributed by atoms with Crippen LogP contribution in [-0.2, 0) is 23.9 Å². The van der Waals surface area contributed by atoms with Gasteiger partial charge in [0.15, 0.2) is 17.0 Å². The summed E-state index contributed by atoms with van der Waals surface area (Å²) in [4.78, 5) is 33.1. The van der Waals surface area contributed by atoms with Gasteiger partial charge in [-0.2, -0.15) is 0 Å². The van der Waals surface area contributed by atoms with Gasteiger partial charge in [0.1, 0.15) is 0 Å². The topological polar surface area (TPSA) is 81.7 Å². The Bertz CT molecular complexity index is 597. The number of amides is 1. The Balaban J connectivity index is 3.23. The van der Waals surface area contributed by atoms with Crippen molar-refractivity contribution >= 4 is 64.2 Å². The number of carbonyl (C=O) groups excluding carboxylic acids is 3. The summed E-state index contributed by atoms with van der Waals surface area (Å²) >= 11 is 22.0. The minimum Gasteiger partial charge on any atom is -0.464 e. The van der Waals surface area contributed by atoms with E-state index in [9.17, 15) is 14.4 Å². The average molecular weight is 431 g/mol. The molecular formula is C15H15Cl4NO5. The van der Waals surface area contributed by atoms with Crippen LogP contribution in [0.15, 0.2) is 30.3 Å². The molecule has 0 aliphatic carbocycles. The van der Waals surface area contributed by atoms with E-state index in [1.54, 1.807) is 37.3 Å². The molecule has 10 heteroatoms. The predicted octanol–water partition coefficient (Wildman–Crippen LogP) is 2.93. The molecule has 0 aromatic heterocycles. The summed E-state index contributed by atoms with van der Waals surface area (Å²) in [5.74, 6) is -2.69. The van der Waals surface area contributed by atoms with Crippen LogP contribution in [0.5, 0.6) is 0 Å². The van der Waals surface area contributed by atoms with Gasteiger partial charge in [0, 0.05) is 0 Å². The zero-order valence-corrected chi connectivity index (χ0v) is 16.0. The van der Waals surface area contributed by atoms with E-state index in [0.29, 0.717) is 5.56 Å². The summed E-state index contributed by atoms with van der Waals surface area (Å²) in [5.41, 5.74) is 0.406. The molecule has 138 valence electrons. The van der Waals surface area contributed by atoms with Crippen molar-refractivity contribution in [1.29, 1.82) is 0 Å². The van der Waals surface area contributed by atoms with Gasteiger partial charge in [-0.25, -0.2) is 9.59 Å². The first-order valence-electron chi connectivity index (χ1n) is 7.06. The van der Waals surface area contributed by atoms with Crippen LogP contribution in [0.25, 0.3) is 0 Å². The third-order valence-electron chi connectivity index (χ3n) is 2.89. The fourth-order valence-corrected chi connectivity index (χ4v) is 2.08. The number of alkyl halides is 4. The summed E-state index contributed by atoms with van der Waals surface area (Å²) < 4.78 is 10.1. The number of ether oxygens (including phenoxy) is 2. The largest absolute Gasteiger partial charge is 0.464 e. The second kappa shape index (κ2) is 10.7. The highest BCUT2D eigenvalue weighted by molar-refractivity contribution is 6.53. The highest BCUT2D eigenvalue weighted by Gasteiger charge is 2.37. The number of nitrogens with one attached hydrogen (secondary N) is 1. The average Bonchev–Trinajstić information content (AvgIpc) is 2.58. The first-order chi connectivity index (χ1) is 11.8. The molecule has 1 rings (SSSR count). The Morgan fingerprint density at radius 3 is 2.08 bits per heavy atom. The molecule has 6 nitrogen and oxygen atoms in total. The molecule has 25 heavy (non-hydrogen) atoms. The van der Waals surface area contributed by atoms with Crippen molar-refractivity contribution in [2.45, 2.75) is 28.7 Å². The summed E-state index contributed by atoms with van der Waals surface area (Å²) in [5, 5.41) is 2.30. The van der Waals surface area contributed by atoms with Crippen molar-refractivity contribution in [3.8, 4) is 0 Å². The van der Waals surface area contributed by atoms with Gasteiger partial charge >= 0.3 is 11.9 Å². The molecule has 0 bridgehead atoms. The summed E-state index contributed by atoms with van der Waals surface area (Å²) in [6.07, 6.45) is -1.25. The first-order valence-corrected chi connectivity index (χ1v) is 8.81. The van der Waals surface area contributed by atoms with Crippen molar-refractivity contribution in [2.24, 2.45) is 0 Å². The maximum absolute atomic E-state index is 12.3. The van der Waals surface area contributed by atoms with Gasteiger partial charge in [0.05, 0.1) is 6.61 Å². The van der Waals surface area contributed by atoms with Crippen LogP contribution in [0.4, 0.5) is 0 Å². The van der Waals surface area contributed by atoms with Crippen LogP contribution in [0, 0.1) is 0 Å². The zero-order valence-electron chi connectivity index (χ0n) is 13.0. The minimum absolute atomic E-state index is 0.0411. The Hall–Kier alpha value is -1.21. The maximum Gasteiger partial charge on any atom is 0.340 e. The fourth-order valence-electron chi connectivity index (χ4n) is 1.85. The Morgan fingerprint density at radius 1 is 1.00 bits per heavy atom. The lowest BCUT2D eigenvalue weighted by Gasteiger charge is -2.27. The molecule has 1 amide bonds. The summed E-state index contributed by atoms with van der Waals surface area (Å²) in [6.45, 7) is 1.62. The SMILES string of the molecule is CCOC(=O)C(NC(=O)C(Cl)Cl)C(OC(=O)C(Cl)Cl)c1ccccc1. The van der Waals surface area contributed by atoms with E-state index < -0.39 is 39.7 Å². The van der Waals surface area contributed by atoms with Crippen LogP contribution in [0.2, 0.25) is 0 Å². The highest BCUT2D eigenvalue weighted by atomic mass is 35.5. The molecule has 0 saturated carbocycles. The van der Waals surface area contributed by atoms with E-state index in [4.69, 9.17) is 55.9 Å². The van der Waals surface area contributed by atoms with Crippen LogP contribution in [0.1, 0.15) is 18.6 Å². The zero-order chi connectivity index (χ0) is 19.0. The molecular weight excluding hydrogens is 416 g/mol.